The van der Waals surface area contributed by atoms with Gasteiger partial charge in [0.15, 0.2) is 11.5 Å². The summed E-state index contributed by atoms with van der Waals surface area (Å²) in [6.45, 7) is 2.27. The van der Waals surface area contributed by atoms with Gasteiger partial charge in [-0.1, -0.05) is 29.8 Å². The summed E-state index contributed by atoms with van der Waals surface area (Å²) < 4.78 is 34.8. The predicted octanol–water partition coefficient (Wildman–Crippen LogP) is 3.06. The minimum absolute atomic E-state index is 0.130. The number of nitrogens with zero attached hydrogens (tertiary/aromatic N) is 1. The van der Waals surface area contributed by atoms with Gasteiger partial charge in [0.2, 0.25) is 0 Å². The van der Waals surface area contributed by atoms with E-state index in [2.05, 4.69) is 9.93 Å². The minimum atomic E-state index is -3.71. The molecule has 128 valence electrons. The van der Waals surface area contributed by atoms with Crippen molar-refractivity contribution in [3.8, 4) is 11.5 Å². The zero-order valence-corrected chi connectivity index (χ0v) is 14.8. The van der Waals surface area contributed by atoms with Crippen molar-refractivity contribution < 1.29 is 17.9 Å². The molecule has 0 amide bonds. The fraction of sp³-hybridized carbons (Fsp3) is 0.188. The Hall–Kier alpha value is -2.25. The molecule has 0 fully saturated rings. The molecule has 0 saturated heterocycles. The zero-order chi connectivity index (χ0) is 17.6. The average molecular weight is 369 g/mol. The van der Waals surface area contributed by atoms with Gasteiger partial charge in [0.25, 0.3) is 10.0 Å². The molecule has 0 bridgehead atoms. The van der Waals surface area contributed by atoms with E-state index in [1.807, 2.05) is 6.92 Å². The molecule has 8 heteroatoms. The van der Waals surface area contributed by atoms with Crippen molar-refractivity contribution in [2.24, 2.45) is 5.10 Å². The third kappa shape index (κ3) is 4.39. The Kier molecular flexibility index (Phi) is 6.05. The van der Waals surface area contributed by atoms with Gasteiger partial charge in [-0.2, -0.15) is 13.5 Å². The second kappa shape index (κ2) is 8.03. The van der Waals surface area contributed by atoms with Crippen LogP contribution in [0, 0.1) is 0 Å². The van der Waals surface area contributed by atoms with Gasteiger partial charge >= 0.3 is 0 Å². The fourth-order valence-electron chi connectivity index (χ4n) is 1.95. The van der Waals surface area contributed by atoms with Crippen LogP contribution in [0.25, 0.3) is 0 Å². The van der Waals surface area contributed by atoms with Crippen molar-refractivity contribution in [3.63, 3.8) is 0 Å². The zero-order valence-electron chi connectivity index (χ0n) is 13.2. The molecule has 0 unspecified atom stereocenters. The molecule has 2 aromatic rings. The summed E-state index contributed by atoms with van der Waals surface area (Å²) in [5.41, 5.74) is 0.569. The number of hydrogen-bond acceptors (Lipinski definition) is 5. The lowest BCUT2D eigenvalue weighted by atomic mass is 10.2. The molecule has 1 N–H and O–H groups in total. The van der Waals surface area contributed by atoms with E-state index < -0.39 is 10.0 Å². The summed E-state index contributed by atoms with van der Waals surface area (Å²) in [7, 11) is -2.22. The van der Waals surface area contributed by atoms with E-state index in [0.29, 0.717) is 28.7 Å². The Balaban J connectivity index is 2.20. The molecule has 24 heavy (non-hydrogen) atoms. The van der Waals surface area contributed by atoms with Crippen molar-refractivity contribution in [2.75, 3.05) is 13.7 Å². The SMILES string of the molecule is CCOc1cc(/C=N\NS(=O)(=O)c2ccccc2)cc(Cl)c1OC. The molecule has 0 aliphatic heterocycles. The topological polar surface area (TPSA) is 77.0 Å². The summed E-state index contributed by atoms with van der Waals surface area (Å²) in [4.78, 5) is 2.28. The maximum absolute atomic E-state index is 12.1. The van der Waals surface area contributed by atoms with Crippen molar-refractivity contribution in [3.05, 3.63) is 53.1 Å². The molecule has 2 rings (SSSR count). The number of hydrogen-bond donors (Lipinski definition) is 1. The molecule has 0 spiro atoms. The third-order valence-electron chi connectivity index (χ3n) is 2.98. The molecule has 0 radical (unpaired) electrons. The predicted molar refractivity (Wildman–Crippen MR) is 93.5 cm³/mol. The van der Waals surface area contributed by atoms with Crippen LogP contribution in [-0.2, 0) is 10.0 Å². The van der Waals surface area contributed by atoms with E-state index in [1.165, 1.54) is 25.5 Å². The van der Waals surface area contributed by atoms with Gasteiger partial charge in [0, 0.05) is 0 Å². The van der Waals surface area contributed by atoms with E-state index in [0.717, 1.165) is 0 Å². The highest BCUT2D eigenvalue weighted by atomic mass is 35.5. The van der Waals surface area contributed by atoms with Crippen LogP contribution in [-0.4, -0.2) is 28.3 Å². The Morgan fingerprint density at radius 1 is 1.25 bits per heavy atom. The summed E-state index contributed by atoms with van der Waals surface area (Å²) >= 11 is 6.13. The van der Waals surface area contributed by atoms with Gasteiger partial charge in [-0.25, -0.2) is 4.83 Å². The first kappa shape index (κ1) is 18.1. The van der Waals surface area contributed by atoms with E-state index in [-0.39, 0.29) is 4.90 Å². The molecule has 0 aliphatic carbocycles. The number of sulfonamides is 1. The Morgan fingerprint density at radius 2 is 1.96 bits per heavy atom. The molecule has 0 aliphatic rings. The van der Waals surface area contributed by atoms with Crippen LogP contribution in [0.2, 0.25) is 5.02 Å². The molecular weight excluding hydrogens is 352 g/mol. The first-order valence-corrected chi connectivity index (χ1v) is 8.94. The molecular formula is C16H17ClN2O4S. The lowest BCUT2D eigenvalue weighted by Crippen LogP contribution is -2.18. The summed E-state index contributed by atoms with van der Waals surface area (Å²) in [5.74, 6) is 0.875. The first-order valence-electron chi connectivity index (χ1n) is 7.08. The van der Waals surface area contributed by atoms with E-state index in [1.54, 1.807) is 30.3 Å². The van der Waals surface area contributed by atoms with Crippen molar-refractivity contribution in [1.29, 1.82) is 0 Å². The Labute approximate surface area is 146 Å². The monoisotopic (exact) mass is 368 g/mol. The maximum atomic E-state index is 12.1. The van der Waals surface area contributed by atoms with Crippen molar-refractivity contribution in [2.45, 2.75) is 11.8 Å². The molecule has 2 aromatic carbocycles. The third-order valence-corrected chi connectivity index (χ3v) is 4.50. The minimum Gasteiger partial charge on any atom is -0.491 e. The number of hydrazone groups is 1. The highest BCUT2D eigenvalue weighted by Crippen LogP contribution is 2.35. The van der Waals surface area contributed by atoms with Crippen LogP contribution in [0.1, 0.15) is 12.5 Å². The van der Waals surface area contributed by atoms with Crippen molar-refractivity contribution in [1.82, 2.24) is 4.83 Å². The van der Waals surface area contributed by atoms with Gasteiger partial charge in [0.1, 0.15) is 0 Å². The van der Waals surface area contributed by atoms with Crippen LogP contribution >= 0.6 is 11.6 Å². The number of nitrogens with one attached hydrogen (secondary N) is 1. The lowest BCUT2D eigenvalue weighted by molar-refractivity contribution is 0.311. The quantitative estimate of drug-likeness (QED) is 0.602. The number of methoxy groups -OCH3 is 1. The smallest absolute Gasteiger partial charge is 0.276 e. The fourth-order valence-corrected chi connectivity index (χ4v) is 3.05. The van der Waals surface area contributed by atoms with E-state index >= 15 is 0 Å². The van der Waals surface area contributed by atoms with Crippen LogP contribution in [0.4, 0.5) is 0 Å². The van der Waals surface area contributed by atoms with Gasteiger partial charge < -0.3 is 9.47 Å². The maximum Gasteiger partial charge on any atom is 0.276 e. The molecule has 0 aromatic heterocycles. The number of ether oxygens (including phenoxy) is 2. The van der Waals surface area contributed by atoms with Crippen molar-refractivity contribution >= 4 is 27.8 Å². The second-order valence-corrected chi connectivity index (χ2v) is 6.70. The molecule has 0 heterocycles. The van der Waals surface area contributed by atoms with Gasteiger partial charge in [0.05, 0.1) is 29.8 Å². The largest absolute Gasteiger partial charge is 0.491 e. The number of rotatable bonds is 7. The molecule has 0 atom stereocenters. The Morgan fingerprint density at radius 3 is 2.58 bits per heavy atom. The van der Waals surface area contributed by atoms with Crippen LogP contribution < -0.4 is 14.3 Å². The van der Waals surface area contributed by atoms with Crippen LogP contribution in [0.5, 0.6) is 11.5 Å². The summed E-state index contributed by atoms with van der Waals surface area (Å²) in [6, 6.07) is 11.2. The van der Waals surface area contributed by atoms with E-state index in [9.17, 15) is 8.42 Å². The highest BCUT2D eigenvalue weighted by Gasteiger charge is 2.12. The van der Waals surface area contributed by atoms with Gasteiger partial charge in [-0.05, 0) is 36.8 Å². The van der Waals surface area contributed by atoms with Gasteiger partial charge in [-0.3, -0.25) is 0 Å². The summed E-state index contributed by atoms with van der Waals surface area (Å²) in [6.07, 6.45) is 1.34. The summed E-state index contributed by atoms with van der Waals surface area (Å²) in [5, 5.41) is 4.11. The van der Waals surface area contributed by atoms with Crippen LogP contribution in [0.15, 0.2) is 52.5 Å². The number of benzene rings is 2. The van der Waals surface area contributed by atoms with E-state index in [4.69, 9.17) is 21.1 Å². The lowest BCUT2D eigenvalue weighted by Gasteiger charge is -2.11. The average Bonchev–Trinajstić information content (AvgIpc) is 2.56. The Bertz CT molecular complexity index is 823. The molecule has 0 saturated carbocycles. The normalized spacial score (nSPS) is 11.5. The highest BCUT2D eigenvalue weighted by molar-refractivity contribution is 7.89. The molecule has 6 nitrogen and oxygen atoms in total. The first-order chi connectivity index (χ1) is 11.5. The van der Waals surface area contributed by atoms with Crippen LogP contribution in [0.3, 0.4) is 0 Å². The van der Waals surface area contributed by atoms with Gasteiger partial charge in [-0.15, -0.1) is 0 Å². The number of halogens is 1. The standard InChI is InChI=1S/C16H17ClN2O4S/c1-3-23-15-10-12(9-14(17)16(15)22-2)11-18-19-24(20,21)13-7-5-4-6-8-13/h4-11,19H,3H2,1-2H3/b18-11-. The second-order valence-electron chi connectivity index (χ2n) is 4.63.